The average Bonchev–Trinajstić information content (AvgIpc) is 3.17. The Morgan fingerprint density at radius 1 is 0.784 bits per heavy atom. The topological polar surface area (TPSA) is 80.8 Å². The summed E-state index contributed by atoms with van der Waals surface area (Å²) in [6.07, 6.45) is -1.09. The maximum atomic E-state index is 13.8. The Morgan fingerprint density at radius 2 is 1.19 bits per heavy atom. The number of nitrogens with zero attached hydrogens (tertiary/aromatic N) is 1. The first-order valence-corrected chi connectivity index (χ1v) is 12.7. The van der Waals surface area contributed by atoms with Gasteiger partial charge in [-0.15, -0.1) is 23.2 Å². The van der Waals surface area contributed by atoms with Gasteiger partial charge in [0.2, 0.25) is 17.6 Å². The van der Waals surface area contributed by atoms with E-state index in [4.69, 9.17) is 27.9 Å². The van der Waals surface area contributed by atoms with Crippen LogP contribution in [0.25, 0.3) is 0 Å². The van der Waals surface area contributed by atoms with Crippen molar-refractivity contribution in [2.75, 3.05) is 6.54 Å². The van der Waals surface area contributed by atoms with Gasteiger partial charge in [-0.2, -0.15) is 0 Å². The van der Waals surface area contributed by atoms with E-state index in [0.29, 0.717) is 27.8 Å². The summed E-state index contributed by atoms with van der Waals surface area (Å²) in [5.41, 5.74) is 3.11. The van der Waals surface area contributed by atoms with Crippen LogP contribution in [0.1, 0.15) is 39.5 Å². The van der Waals surface area contributed by atoms with Crippen molar-refractivity contribution < 1.29 is 23.9 Å². The smallest absolute Gasteiger partial charge is 0.326 e. The molecule has 2 bridgehead atoms. The van der Waals surface area contributed by atoms with Crippen LogP contribution < -0.4 is 0 Å². The highest BCUT2D eigenvalue weighted by molar-refractivity contribution is 6.36. The number of ketones is 1. The summed E-state index contributed by atoms with van der Waals surface area (Å²) >= 11 is 14.7. The Kier molecular flexibility index (Phi) is 5.34. The van der Waals surface area contributed by atoms with Gasteiger partial charge in [-0.3, -0.25) is 24.1 Å². The van der Waals surface area contributed by atoms with Gasteiger partial charge in [0.1, 0.15) is 16.3 Å². The monoisotopic (exact) mass is 533 g/mol. The van der Waals surface area contributed by atoms with E-state index in [1.165, 1.54) is 6.92 Å². The molecule has 4 aliphatic rings. The third-order valence-corrected chi connectivity index (χ3v) is 8.98. The lowest BCUT2D eigenvalue weighted by Crippen LogP contribution is -2.57. The summed E-state index contributed by atoms with van der Waals surface area (Å²) in [4.78, 5) is 51.2. The number of carbonyl (C=O) groups excluding carboxylic acids is 4. The highest BCUT2D eigenvalue weighted by Gasteiger charge is 2.73. The lowest BCUT2D eigenvalue weighted by molar-refractivity contribution is -0.154. The average molecular weight is 534 g/mol. The third-order valence-electron chi connectivity index (χ3n) is 7.70. The van der Waals surface area contributed by atoms with Crippen molar-refractivity contribution in [2.24, 2.45) is 11.8 Å². The van der Waals surface area contributed by atoms with Crippen LogP contribution in [0.15, 0.2) is 78.9 Å². The highest BCUT2D eigenvalue weighted by Crippen LogP contribution is 2.69. The number of hydrogen-bond donors (Lipinski definition) is 0. The van der Waals surface area contributed by atoms with E-state index in [1.807, 2.05) is 48.5 Å². The predicted octanol–water partition coefficient (Wildman–Crippen LogP) is 4.39. The molecule has 6 nitrogen and oxygen atoms in total. The van der Waals surface area contributed by atoms with Crippen LogP contribution >= 0.6 is 23.2 Å². The Hall–Kier alpha value is -3.48. The summed E-state index contributed by atoms with van der Waals surface area (Å²) in [5, 5.41) is 0. The van der Waals surface area contributed by atoms with E-state index in [2.05, 4.69) is 0 Å². The molecule has 3 aromatic rings. The second kappa shape index (κ2) is 8.27. The van der Waals surface area contributed by atoms with Crippen molar-refractivity contribution >= 4 is 46.8 Å². The van der Waals surface area contributed by atoms with Gasteiger partial charge in [0.05, 0.1) is 11.8 Å². The van der Waals surface area contributed by atoms with Gasteiger partial charge in [-0.25, -0.2) is 0 Å². The second-order valence-electron chi connectivity index (χ2n) is 9.60. The van der Waals surface area contributed by atoms with Gasteiger partial charge in [0, 0.05) is 5.56 Å². The number of imide groups is 1. The van der Waals surface area contributed by atoms with Crippen LogP contribution in [0.5, 0.6) is 0 Å². The molecule has 0 N–H and O–H groups in total. The molecule has 186 valence electrons. The van der Waals surface area contributed by atoms with Gasteiger partial charge < -0.3 is 4.74 Å². The molecule has 8 heteroatoms. The van der Waals surface area contributed by atoms with Gasteiger partial charge in [-0.1, -0.05) is 78.9 Å². The number of benzene rings is 3. The number of likely N-dealkylation sites (tertiary alicyclic amines) is 1. The molecule has 37 heavy (non-hydrogen) atoms. The lowest BCUT2D eigenvalue weighted by Gasteiger charge is -2.54. The zero-order chi connectivity index (χ0) is 26.1. The van der Waals surface area contributed by atoms with Crippen molar-refractivity contribution in [2.45, 2.75) is 22.8 Å². The maximum Gasteiger partial charge on any atom is 0.326 e. The molecule has 3 aromatic carbocycles. The molecule has 0 aromatic heterocycles. The summed E-state index contributed by atoms with van der Waals surface area (Å²) in [6.45, 7) is 0.819. The first kappa shape index (κ1) is 23.9. The molecule has 0 saturated carbocycles. The van der Waals surface area contributed by atoms with Crippen LogP contribution in [-0.4, -0.2) is 41.1 Å². The minimum Gasteiger partial charge on any atom is -0.453 e. The van der Waals surface area contributed by atoms with E-state index < -0.39 is 52.0 Å². The van der Waals surface area contributed by atoms with E-state index in [-0.39, 0.29) is 5.78 Å². The molecule has 1 heterocycles. The quantitative estimate of drug-likeness (QED) is 0.210. The molecule has 1 aliphatic heterocycles. The van der Waals surface area contributed by atoms with Gasteiger partial charge in [0.25, 0.3) is 0 Å². The van der Waals surface area contributed by atoms with Crippen molar-refractivity contribution in [1.82, 2.24) is 4.90 Å². The molecule has 0 unspecified atom stereocenters. The fraction of sp³-hybridized carbons (Fsp3) is 0.241. The molecule has 1 fully saturated rings. The Bertz CT molecular complexity index is 1360. The molecule has 3 atom stereocenters. The van der Waals surface area contributed by atoms with Crippen LogP contribution in [-0.2, 0) is 28.9 Å². The summed E-state index contributed by atoms with van der Waals surface area (Å²) < 4.78 is 5.32. The molecule has 0 spiro atoms. The molecular weight excluding hydrogens is 513 g/mol. The standard InChI is InChI=1S/C29H21Cl2NO5/c1-16(25(34)17-9-3-2-4-10-17)37-22(33)15-32-26(35)23-24(27(32)36)29(31)19-12-6-5-11-18(19)28(23,30)20-13-7-8-14-21(20)29/h2-14,16,23-24H,15H2,1H3/t16-,23-,24+,28?,29?/m0/s1. The van der Waals surface area contributed by atoms with Crippen molar-refractivity contribution in [3.8, 4) is 0 Å². The minimum absolute atomic E-state index is 0.384. The molecule has 1 saturated heterocycles. The number of ether oxygens (including phenoxy) is 1. The number of esters is 1. The number of carbonyl (C=O) groups is 4. The van der Waals surface area contributed by atoms with E-state index in [9.17, 15) is 19.2 Å². The van der Waals surface area contributed by atoms with Crippen LogP contribution in [0.3, 0.4) is 0 Å². The maximum absolute atomic E-state index is 13.8. The van der Waals surface area contributed by atoms with Crippen LogP contribution in [0, 0.1) is 11.8 Å². The summed E-state index contributed by atoms with van der Waals surface area (Å²) in [7, 11) is 0. The molecule has 0 radical (unpaired) electrons. The Balaban J connectivity index is 1.33. The summed E-state index contributed by atoms with van der Waals surface area (Å²) in [6, 6.07) is 23.0. The predicted molar refractivity (Wildman–Crippen MR) is 136 cm³/mol. The largest absolute Gasteiger partial charge is 0.453 e. The third kappa shape index (κ3) is 3.12. The number of hydrogen-bond acceptors (Lipinski definition) is 5. The number of alkyl halides is 2. The Labute approximate surface area is 223 Å². The number of amides is 2. The zero-order valence-corrected chi connectivity index (χ0v) is 21.2. The fourth-order valence-corrected chi connectivity index (χ4v) is 7.23. The van der Waals surface area contributed by atoms with Crippen molar-refractivity contribution in [3.63, 3.8) is 0 Å². The fourth-order valence-electron chi connectivity index (χ4n) is 6.13. The highest BCUT2D eigenvalue weighted by atomic mass is 35.5. The second-order valence-corrected chi connectivity index (χ2v) is 10.8. The van der Waals surface area contributed by atoms with Crippen molar-refractivity contribution in [3.05, 3.63) is 107 Å². The SMILES string of the molecule is C[C@H](OC(=O)CN1C(=O)[C@@H]2[C@H](C1=O)C1(Cl)c3ccccc3C2(Cl)c2ccccc21)C(=O)c1ccccc1. The Morgan fingerprint density at radius 3 is 1.62 bits per heavy atom. The number of halogens is 2. The summed E-state index contributed by atoms with van der Waals surface area (Å²) in [5.74, 6) is -4.42. The minimum atomic E-state index is -1.32. The molecular formula is C29H21Cl2NO5. The molecule has 2 amide bonds. The normalized spacial score (nSPS) is 27.8. The van der Waals surface area contributed by atoms with Crippen LogP contribution in [0.2, 0.25) is 0 Å². The van der Waals surface area contributed by atoms with E-state index in [1.54, 1.807) is 30.3 Å². The first-order valence-electron chi connectivity index (χ1n) is 11.9. The lowest BCUT2D eigenvalue weighted by atomic mass is 9.54. The van der Waals surface area contributed by atoms with Crippen LogP contribution in [0.4, 0.5) is 0 Å². The van der Waals surface area contributed by atoms with Gasteiger partial charge in [0.15, 0.2) is 6.10 Å². The number of rotatable bonds is 5. The first-order chi connectivity index (χ1) is 17.7. The van der Waals surface area contributed by atoms with E-state index >= 15 is 0 Å². The number of Topliss-reactive ketones (excluding diaryl/α,β-unsaturated/α-hetero) is 1. The van der Waals surface area contributed by atoms with Crippen molar-refractivity contribution in [1.29, 1.82) is 0 Å². The molecule has 3 aliphatic carbocycles. The van der Waals surface area contributed by atoms with Gasteiger partial charge >= 0.3 is 5.97 Å². The van der Waals surface area contributed by atoms with Gasteiger partial charge in [-0.05, 0) is 29.2 Å². The van der Waals surface area contributed by atoms with E-state index in [0.717, 1.165) is 4.90 Å². The zero-order valence-electron chi connectivity index (χ0n) is 19.7. The molecule has 7 rings (SSSR count).